The molecule has 5 heteroatoms. The van der Waals surface area contributed by atoms with Gasteiger partial charge in [0, 0.05) is 24.6 Å². The summed E-state index contributed by atoms with van der Waals surface area (Å²) >= 11 is 0. The third-order valence-electron chi connectivity index (χ3n) is 10.3. The zero-order valence-corrected chi connectivity index (χ0v) is 22.4. The summed E-state index contributed by atoms with van der Waals surface area (Å²) in [6.07, 6.45) is 9.32. The lowest BCUT2D eigenvalue weighted by atomic mass is 9.69. The van der Waals surface area contributed by atoms with Crippen LogP contribution < -0.4 is 10.6 Å². The minimum absolute atomic E-state index is 0.111. The van der Waals surface area contributed by atoms with Crippen LogP contribution in [0.3, 0.4) is 0 Å². The fraction of sp³-hybridized carbons (Fsp3) is 0.594. The molecule has 6 rings (SSSR count). The molecule has 5 atom stereocenters. The summed E-state index contributed by atoms with van der Waals surface area (Å²) in [7, 11) is 0. The number of likely N-dealkylation sites (tertiary alicyclic amines) is 1. The highest BCUT2D eigenvalue weighted by atomic mass is 19.1. The highest BCUT2D eigenvalue weighted by Crippen LogP contribution is 2.43. The van der Waals surface area contributed by atoms with E-state index in [0.717, 1.165) is 56.6 Å². The molecule has 0 bridgehead atoms. The summed E-state index contributed by atoms with van der Waals surface area (Å²) in [5.41, 5.74) is 2.94. The molecule has 3 fully saturated rings. The van der Waals surface area contributed by atoms with E-state index in [-0.39, 0.29) is 11.7 Å². The third kappa shape index (κ3) is 4.63. The summed E-state index contributed by atoms with van der Waals surface area (Å²) in [5, 5.41) is 4.66. The molecular formula is C32H44FN3O+2. The van der Waals surface area contributed by atoms with E-state index in [1.165, 1.54) is 37.7 Å². The van der Waals surface area contributed by atoms with E-state index in [1.54, 1.807) is 6.07 Å². The van der Waals surface area contributed by atoms with E-state index in [9.17, 15) is 4.79 Å². The second-order valence-corrected chi connectivity index (χ2v) is 12.5. The number of piperidine rings is 1. The monoisotopic (exact) mass is 505 g/mol. The standard InChI is InChI=1S/C32H42FN3O/c1-22-17-26-13-8-14-28(33)30(26)32(21-35-22)20-34-19-27(32)31(37)36-16-15-25(23-9-4-2-5-10-23)18-29(36)24-11-6-3-7-12-24/h2,4-5,8-10,13-14,22,24-25,27,29,34-35H,3,6-7,11-12,15-21H2,1H3/p+2/t22-,25-,27+,29+,32+/m1/s1. The lowest BCUT2D eigenvalue weighted by Gasteiger charge is -2.46. The smallest absolute Gasteiger partial charge is 0.233 e. The van der Waals surface area contributed by atoms with Gasteiger partial charge in [-0.2, -0.15) is 0 Å². The fourth-order valence-corrected chi connectivity index (χ4v) is 8.42. The molecule has 0 aromatic heterocycles. The second kappa shape index (κ2) is 10.5. The number of halogens is 1. The van der Waals surface area contributed by atoms with Crippen LogP contribution in [0.1, 0.15) is 74.5 Å². The van der Waals surface area contributed by atoms with Crippen molar-refractivity contribution in [1.82, 2.24) is 4.90 Å². The van der Waals surface area contributed by atoms with Crippen molar-refractivity contribution in [2.24, 2.45) is 11.8 Å². The van der Waals surface area contributed by atoms with Crippen molar-refractivity contribution < 1.29 is 19.8 Å². The molecule has 2 saturated heterocycles. The van der Waals surface area contributed by atoms with Gasteiger partial charge in [0.25, 0.3) is 0 Å². The number of hydrogen-bond donors (Lipinski definition) is 2. The molecule has 4 aliphatic rings. The highest BCUT2D eigenvalue weighted by molar-refractivity contribution is 5.82. The normalized spacial score (nSPS) is 32.8. The Kier molecular flexibility index (Phi) is 7.11. The van der Waals surface area contributed by atoms with Crippen molar-refractivity contribution in [3.8, 4) is 0 Å². The Hall–Kier alpha value is -2.24. The van der Waals surface area contributed by atoms with Crippen LogP contribution in [0.4, 0.5) is 4.39 Å². The molecule has 2 aromatic rings. The van der Waals surface area contributed by atoms with Gasteiger partial charge < -0.3 is 15.5 Å². The van der Waals surface area contributed by atoms with Gasteiger partial charge in [-0.15, -0.1) is 0 Å². The van der Waals surface area contributed by atoms with Gasteiger partial charge in [0.1, 0.15) is 17.2 Å². The van der Waals surface area contributed by atoms with Gasteiger partial charge in [-0.25, -0.2) is 4.39 Å². The molecule has 1 amide bonds. The summed E-state index contributed by atoms with van der Waals surface area (Å²) < 4.78 is 15.6. The van der Waals surface area contributed by atoms with Gasteiger partial charge in [-0.05, 0) is 61.6 Å². The van der Waals surface area contributed by atoms with Crippen LogP contribution in [0.25, 0.3) is 0 Å². The first-order chi connectivity index (χ1) is 18.1. The maximum Gasteiger partial charge on any atom is 0.233 e. The SMILES string of the molecule is C[C@@H]1Cc2cccc(F)c2[C@@]2(C[NH2+]C[C@H]2C(=O)N2CC[C@@H](c3ccccc3)C[C@H]2C2CCCCC2)C[NH2+]1. The van der Waals surface area contributed by atoms with Crippen LogP contribution in [-0.4, -0.2) is 49.1 Å². The Morgan fingerprint density at radius 2 is 1.81 bits per heavy atom. The van der Waals surface area contributed by atoms with E-state index in [2.05, 4.69) is 58.9 Å². The number of rotatable bonds is 3. The van der Waals surface area contributed by atoms with E-state index in [1.807, 2.05) is 6.07 Å². The Morgan fingerprint density at radius 3 is 2.62 bits per heavy atom. The van der Waals surface area contributed by atoms with Crippen molar-refractivity contribution in [2.75, 3.05) is 26.2 Å². The number of fused-ring (bicyclic) bond motifs is 2. The second-order valence-electron chi connectivity index (χ2n) is 12.5. The van der Waals surface area contributed by atoms with Gasteiger partial charge in [-0.1, -0.05) is 61.7 Å². The zero-order valence-electron chi connectivity index (χ0n) is 22.4. The molecule has 1 spiro atoms. The fourth-order valence-electron chi connectivity index (χ4n) is 8.42. The summed E-state index contributed by atoms with van der Waals surface area (Å²) in [6, 6.07) is 17.2. The van der Waals surface area contributed by atoms with Crippen molar-refractivity contribution in [1.29, 1.82) is 0 Å². The minimum Gasteiger partial charge on any atom is -0.345 e. The van der Waals surface area contributed by atoms with Crippen LogP contribution in [0.15, 0.2) is 48.5 Å². The van der Waals surface area contributed by atoms with E-state index < -0.39 is 5.41 Å². The molecule has 4 N–H and O–H groups in total. The van der Waals surface area contributed by atoms with Crippen LogP contribution in [-0.2, 0) is 16.6 Å². The van der Waals surface area contributed by atoms with Crippen molar-refractivity contribution in [3.63, 3.8) is 0 Å². The number of nitrogens with zero attached hydrogens (tertiary/aromatic N) is 1. The average molecular weight is 506 g/mol. The van der Waals surface area contributed by atoms with E-state index in [0.29, 0.717) is 29.8 Å². The summed E-state index contributed by atoms with van der Waals surface area (Å²) in [5.74, 6) is 1.14. The van der Waals surface area contributed by atoms with Crippen LogP contribution in [0, 0.1) is 17.7 Å². The number of nitrogens with two attached hydrogens (primary N) is 2. The van der Waals surface area contributed by atoms with Crippen molar-refractivity contribution in [3.05, 3.63) is 71.0 Å². The Bertz CT molecular complexity index is 1100. The quantitative estimate of drug-likeness (QED) is 0.662. The molecule has 3 aliphatic heterocycles. The number of hydrogen-bond acceptors (Lipinski definition) is 1. The van der Waals surface area contributed by atoms with Crippen LogP contribution in [0.5, 0.6) is 0 Å². The van der Waals surface area contributed by atoms with Crippen LogP contribution in [0.2, 0.25) is 0 Å². The first-order valence-electron chi connectivity index (χ1n) is 14.8. The number of benzene rings is 2. The number of carbonyl (C=O) groups excluding carboxylic acids is 1. The molecule has 3 heterocycles. The molecule has 0 unspecified atom stereocenters. The molecule has 1 saturated carbocycles. The molecule has 2 aromatic carbocycles. The highest BCUT2D eigenvalue weighted by Gasteiger charge is 2.57. The zero-order chi connectivity index (χ0) is 25.4. The number of amides is 1. The molecule has 37 heavy (non-hydrogen) atoms. The largest absolute Gasteiger partial charge is 0.345 e. The van der Waals surface area contributed by atoms with Gasteiger partial charge >= 0.3 is 0 Å². The number of carbonyl (C=O) groups is 1. The van der Waals surface area contributed by atoms with Gasteiger partial charge in [0.15, 0.2) is 0 Å². The van der Waals surface area contributed by atoms with Crippen molar-refractivity contribution >= 4 is 5.91 Å². The first kappa shape index (κ1) is 25.1. The lowest BCUT2D eigenvalue weighted by molar-refractivity contribution is -0.697. The molecule has 0 radical (unpaired) electrons. The molecule has 4 nitrogen and oxygen atoms in total. The van der Waals surface area contributed by atoms with Gasteiger partial charge in [0.05, 0.1) is 25.7 Å². The Balaban J connectivity index is 1.33. The average Bonchev–Trinajstić information content (AvgIpc) is 3.30. The van der Waals surface area contributed by atoms with Crippen molar-refractivity contribution in [2.45, 2.75) is 81.7 Å². The Morgan fingerprint density at radius 1 is 1.00 bits per heavy atom. The Labute approximate surface area is 221 Å². The summed E-state index contributed by atoms with van der Waals surface area (Å²) in [4.78, 5) is 17.0. The maximum absolute atomic E-state index is 15.6. The first-order valence-corrected chi connectivity index (χ1v) is 14.8. The molecule has 198 valence electrons. The third-order valence-corrected chi connectivity index (χ3v) is 10.3. The number of quaternary nitrogens is 2. The maximum atomic E-state index is 15.6. The van der Waals surface area contributed by atoms with E-state index >= 15 is 4.39 Å². The summed E-state index contributed by atoms with van der Waals surface area (Å²) in [6.45, 7) is 5.43. The van der Waals surface area contributed by atoms with Crippen LogP contribution >= 0.6 is 0 Å². The van der Waals surface area contributed by atoms with Gasteiger partial charge in [0.2, 0.25) is 5.91 Å². The van der Waals surface area contributed by atoms with E-state index in [4.69, 9.17) is 0 Å². The lowest BCUT2D eigenvalue weighted by Crippen LogP contribution is -2.93. The minimum atomic E-state index is -0.435. The predicted octanol–water partition coefficient (Wildman–Crippen LogP) is 3.12. The topological polar surface area (TPSA) is 53.5 Å². The molecular weight excluding hydrogens is 461 g/mol. The predicted molar refractivity (Wildman–Crippen MR) is 144 cm³/mol. The van der Waals surface area contributed by atoms with Gasteiger partial charge in [-0.3, -0.25) is 4.79 Å². The molecule has 1 aliphatic carbocycles.